The van der Waals surface area contributed by atoms with E-state index in [0.717, 1.165) is 59.8 Å². The van der Waals surface area contributed by atoms with Gasteiger partial charge in [0.15, 0.2) is 17.6 Å². The lowest BCUT2D eigenvalue weighted by Gasteiger charge is -2.63. The fourth-order valence-electron chi connectivity index (χ4n) is 7.64. The second kappa shape index (κ2) is 6.78. The minimum atomic E-state index is -0.982. The van der Waals surface area contributed by atoms with Crippen molar-refractivity contribution in [2.45, 2.75) is 55.3 Å². The van der Waals surface area contributed by atoms with Crippen LogP contribution in [0.15, 0.2) is 48.7 Å². The summed E-state index contributed by atoms with van der Waals surface area (Å²) in [5.41, 5.74) is 4.66. The molecule has 2 aliphatic heterocycles. The lowest BCUT2D eigenvalue weighted by molar-refractivity contribution is -0.173. The van der Waals surface area contributed by atoms with E-state index in [2.05, 4.69) is 11.0 Å². The van der Waals surface area contributed by atoms with Gasteiger partial charge in [0.2, 0.25) is 0 Å². The molecule has 2 N–H and O–H groups in total. The lowest BCUT2D eigenvalue weighted by Crippen LogP contribution is -2.74. The molecule has 1 aromatic heterocycles. The number of hydrogen-bond donors (Lipinski definition) is 2. The largest absolute Gasteiger partial charge is 0.504 e. The summed E-state index contributed by atoms with van der Waals surface area (Å²) in [6.45, 7) is 2.00. The number of fused-ring (bicyclic) bond motifs is 2. The van der Waals surface area contributed by atoms with Gasteiger partial charge < -0.3 is 14.9 Å². The van der Waals surface area contributed by atoms with Crippen LogP contribution in [0, 0.1) is 5.92 Å². The molecule has 0 radical (unpaired) electrons. The van der Waals surface area contributed by atoms with Crippen LogP contribution in [0.3, 0.4) is 0 Å². The number of aliphatic hydroxyl groups is 1. The Bertz CT molecular complexity index is 1390. The number of likely N-dealkylation sites (tertiary alicyclic amines) is 1. The molecular formula is C29H27ClN2O3. The van der Waals surface area contributed by atoms with E-state index < -0.39 is 17.1 Å². The molecule has 6 heteroatoms. The minimum absolute atomic E-state index is 0.0262. The molecule has 4 atom stereocenters. The van der Waals surface area contributed by atoms with Crippen LogP contribution in [0.2, 0.25) is 5.02 Å². The lowest BCUT2D eigenvalue weighted by atomic mass is 9.49. The first-order valence-electron chi connectivity index (χ1n) is 12.7. The molecule has 2 aromatic carbocycles. The van der Waals surface area contributed by atoms with Gasteiger partial charge >= 0.3 is 0 Å². The molecule has 3 aliphatic carbocycles. The van der Waals surface area contributed by atoms with Crippen LogP contribution in [0.1, 0.15) is 47.8 Å². The van der Waals surface area contributed by atoms with Crippen LogP contribution in [-0.4, -0.2) is 44.8 Å². The van der Waals surface area contributed by atoms with Gasteiger partial charge in [-0.1, -0.05) is 29.8 Å². The number of halogens is 1. The van der Waals surface area contributed by atoms with E-state index >= 15 is 0 Å². The first-order valence-corrected chi connectivity index (χ1v) is 13.1. The number of aromatic nitrogens is 1. The molecular weight excluding hydrogens is 460 g/mol. The highest BCUT2D eigenvalue weighted by atomic mass is 35.5. The van der Waals surface area contributed by atoms with Gasteiger partial charge in [-0.25, -0.2) is 0 Å². The van der Waals surface area contributed by atoms with Crippen LogP contribution in [0.4, 0.5) is 0 Å². The highest BCUT2D eigenvalue weighted by molar-refractivity contribution is 6.30. The van der Waals surface area contributed by atoms with Crippen molar-refractivity contribution in [2.75, 3.05) is 13.1 Å². The van der Waals surface area contributed by atoms with Crippen LogP contribution in [0.5, 0.6) is 11.5 Å². The number of rotatable bonds is 3. The number of hydrogen-bond acceptors (Lipinski definition) is 5. The smallest absolute Gasteiger partial charge is 0.166 e. The summed E-state index contributed by atoms with van der Waals surface area (Å²) < 4.78 is 6.58. The summed E-state index contributed by atoms with van der Waals surface area (Å²) in [5, 5.41) is 24.3. The molecule has 5 nitrogen and oxygen atoms in total. The number of nitrogens with zero attached hydrogens (tertiary/aromatic N) is 2. The predicted octanol–water partition coefficient (Wildman–Crippen LogP) is 4.81. The summed E-state index contributed by atoms with van der Waals surface area (Å²) >= 11 is 6.11. The SMILES string of the molecule is Oc1ccc2c3c1OC1c4ncc(-c5ccc(Cl)cc5)cc4C[C@@]4(O)[C@@H](C2)N(CC2CC2)CC[C@]314. The quantitative estimate of drug-likeness (QED) is 0.556. The topological polar surface area (TPSA) is 65.8 Å². The molecule has 1 saturated heterocycles. The van der Waals surface area contributed by atoms with Crippen LogP contribution in [0.25, 0.3) is 11.1 Å². The molecule has 2 bridgehead atoms. The van der Waals surface area contributed by atoms with Gasteiger partial charge in [0, 0.05) is 41.4 Å². The average molecular weight is 487 g/mol. The average Bonchev–Trinajstić information content (AvgIpc) is 3.59. The zero-order chi connectivity index (χ0) is 23.5. The van der Waals surface area contributed by atoms with Gasteiger partial charge in [0.05, 0.1) is 16.7 Å². The van der Waals surface area contributed by atoms with Gasteiger partial charge in [0.25, 0.3) is 0 Å². The fraction of sp³-hybridized carbons (Fsp3) is 0.414. The van der Waals surface area contributed by atoms with Crippen LogP contribution in [-0.2, 0) is 18.3 Å². The Labute approximate surface area is 209 Å². The molecule has 5 aliphatic rings. The molecule has 1 saturated carbocycles. The third-order valence-corrected chi connectivity index (χ3v) is 9.65. The van der Waals surface area contributed by atoms with E-state index in [9.17, 15) is 10.2 Å². The summed E-state index contributed by atoms with van der Waals surface area (Å²) in [6.07, 6.45) is 6.22. The van der Waals surface area contributed by atoms with Crippen molar-refractivity contribution in [3.8, 4) is 22.6 Å². The Hall–Kier alpha value is -2.60. The maximum absolute atomic E-state index is 12.8. The summed E-state index contributed by atoms with van der Waals surface area (Å²) in [7, 11) is 0. The summed E-state index contributed by atoms with van der Waals surface area (Å²) in [6, 6.07) is 13.8. The van der Waals surface area contributed by atoms with E-state index in [1.54, 1.807) is 6.07 Å². The first-order chi connectivity index (χ1) is 17.0. The Morgan fingerprint density at radius 1 is 1.09 bits per heavy atom. The van der Waals surface area contributed by atoms with Crippen molar-refractivity contribution in [1.29, 1.82) is 0 Å². The number of aromatic hydroxyl groups is 1. The molecule has 0 amide bonds. The van der Waals surface area contributed by atoms with Gasteiger partial charge in [-0.2, -0.15) is 0 Å². The number of benzene rings is 2. The zero-order valence-electron chi connectivity index (χ0n) is 19.4. The first kappa shape index (κ1) is 20.6. The zero-order valence-corrected chi connectivity index (χ0v) is 20.1. The summed E-state index contributed by atoms with van der Waals surface area (Å²) in [4.78, 5) is 7.50. The van der Waals surface area contributed by atoms with Crippen molar-refractivity contribution < 1.29 is 14.9 Å². The number of piperidine rings is 1. The van der Waals surface area contributed by atoms with Gasteiger partial charge in [-0.3, -0.25) is 9.88 Å². The van der Waals surface area contributed by atoms with Crippen molar-refractivity contribution in [1.82, 2.24) is 9.88 Å². The van der Waals surface area contributed by atoms with Gasteiger partial charge in [-0.05, 0) is 79.1 Å². The minimum Gasteiger partial charge on any atom is -0.504 e. The van der Waals surface area contributed by atoms with E-state index in [1.807, 2.05) is 36.5 Å². The van der Waals surface area contributed by atoms with Crippen LogP contribution >= 0.6 is 11.6 Å². The van der Waals surface area contributed by atoms with Gasteiger partial charge in [0.1, 0.15) is 0 Å². The molecule has 1 unspecified atom stereocenters. The third kappa shape index (κ3) is 2.59. The van der Waals surface area contributed by atoms with Crippen molar-refractivity contribution >= 4 is 11.6 Å². The Morgan fingerprint density at radius 3 is 2.71 bits per heavy atom. The Kier molecular flexibility index (Phi) is 3.99. The molecule has 178 valence electrons. The Morgan fingerprint density at radius 2 is 1.91 bits per heavy atom. The molecule has 8 rings (SSSR count). The standard InChI is InChI=1S/C29H27ClN2O3/c30-21-6-3-17(4-7-21)20-11-19-13-29(34)23-12-18-5-8-22(33)26-24(18)28(29,27(35-26)25(19)31-14-20)9-10-32(23)15-16-1-2-16/h3-8,11,14,16,23,27,33-34H,1-2,9-10,12-13,15H2/t23-,27?,28+,29-/m1/s1. The molecule has 35 heavy (non-hydrogen) atoms. The number of ether oxygens (including phenoxy) is 1. The third-order valence-electron chi connectivity index (χ3n) is 9.40. The van der Waals surface area contributed by atoms with E-state index in [4.69, 9.17) is 21.3 Å². The highest BCUT2D eigenvalue weighted by Gasteiger charge is 2.72. The van der Waals surface area contributed by atoms with Crippen LogP contribution < -0.4 is 4.74 Å². The molecule has 3 aromatic rings. The number of phenols is 1. The van der Waals surface area contributed by atoms with E-state index in [0.29, 0.717) is 17.2 Å². The summed E-state index contributed by atoms with van der Waals surface area (Å²) in [5.74, 6) is 1.47. The number of phenolic OH excluding ortho intramolecular Hbond substituents is 1. The number of pyridine rings is 1. The van der Waals surface area contributed by atoms with E-state index in [-0.39, 0.29) is 11.8 Å². The Balaban J connectivity index is 1.32. The predicted molar refractivity (Wildman–Crippen MR) is 133 cm³/mol. The maximum Gasteiger partial charge on any atom is 0.166 e. The fourth-order valence-corrected chi connectivity index (χ4v) is 7.77. The second-order valence-electron chi connectivity index (χ2n) is 11.2. The van der Waals surface area contributed by atoms with Crippen molar-refractivity contribution in [3.63, 3.8) is 0 Å². The molecule has 2 fully saturated rings. The normalized spacial score (nSPS) is 32.1. The second-order valence-corrected chi connectivity index (χ2v) is 11.6. The molecule has 1 spiro atoms. The van der Waals surface area contributed by atoms with Gasteiger partial charge in [-0.15, -0.1) is 0 Å². The maximum atomic E-state index is 12.8. The van der Waals surface area contributed by atoms with Crippen molar-refractivity contribution in [3.05, 3.63) is 76.1 Å². The monoisotopic (exact) mass is 486 g/mol. The molecule has 3 heterocycles. The van der Waals surface area contributed by atoms with Crippen molar-refractivity contribution in [2.24, 2.45) is 5.92 Å². The highest BCUT2D eigenvalue weighted by Crippen LogP contribution is 2.68. The van der Waals surface area contributed by atoms with E-state index in [1.165, 1.54) is 18.4 Å².